The maximum absolute atomic E-state index is 6.03. The highest BCUT2D eigenvalue weighted by Crippen LogP contribution is 2.28. The summed E-state index contributed by atoms with van der Waals surface area (Å²) in [7, 11) is 0. The highest BCUT2D eigenvalue weighted by molar-refractivity contribution is 7.13. The summed E-state index contributed by atoms with van der Waals surface area (Å²) in [5, 5.41) is 5.68. The van der Waals surface area contributed by atoms with Crippen molar-refractivity contribution in [2.24, 2.45) is 0 Å². The van der Waals surface area contributed by atoms with Crippen LogP contribution in [0.3, 0.4) is 0 Å². The second-order valence-electron chi connectivity index (χ2n) is 11.5. The summed E-state index contributed by atoms with van der Waals surface area (Å²) >= 11 is 3.09. The van der Waals surface area contributed by atoms with Gasteiger partial charge in [0, 0.05) is 23.2 Å². The van der Waals surface area contributed by atoms with Crippen LogP contribution in [0.1, 0.15) is 22.8 Å². The van der Waals surface area contributed by atoms with Gasteiger partial charge < -0.3 is 9.47 Å². The largest absolute Gasteiger partial charge is 0.369 e. The predicted octanol–water partition coefficient (Wildman–Crippen LogP) is 8.74. The van der Waals surface area contributed by atoms with E-state index in [4.69, 9.17) is 39.4 Å². The fourth-order valence-corrected chi connectivity index (χ4v) is 6.89. The van der Waals surface area contributed by atoms with Crippen molar-refractivity contribution in [1.82, 2.24) is 39.9 Å². The minimum Gasteiger partial charge on any atom is -0.369 e. The van der Waals surface area contributed by atoms with Crippen molar-refractivity contribution < 1.29 is 9.47 Å². The minimum atomic E-state index is 0.334. The highest BCUT2D eigenvalue weighted by Gasteiger charge is 2.12. The summed E-state index contributed by atoms with van der Waals surface area (Å²) < 4.78 is 12.1. The van der Waals surface area contributed by atoms with Crippen LogP contribution in [0.5, 0.6) is 0 Å². The van der Waals surface area contributed by atoms with E-state index in [-0.39, 0.29) is 0 Å². The molecule has 0 radical (unpaired) electrons. The van der Waals surface area contributed by atoms with E-state index in [2.05, 4.69) is 9.97 Å². The van der Waals surface area contributed by atoms with Gasteiger partial charge in [0.05, 0.1) is 83.4 Å². The Hall–Kier alpha value is -5.92. The average molecular weight is 719 g/mol. The number of ether oxygens (including phenoxy) is 2. The molecule has 0 aliphatic rings. The Morgan fingerprint density at radius 1 is 0.346 bits per heavy atom. The van der Waals surface area contributed by atoms with E-state index < -0.39 is 0 Å². The lowest BCUT2D eigenvalue weighted by molar-refractivity contribution is 0.102. The third-order valence-electron chi connectivity index (χ3n) is 7.79. The minimum absolute atomic E-state index is 0.334. The molecule has 8 aromatic rings. The fourth-order valence-electron chi connectivity index (χ4n) is 5.33. The second kappa shape index (κ2) is 16.0. The Labute approximate surface area is 308 Å². The number of nitrogens with zero attached hydrogens (tertiary/aromatic N) is 8. The summed E-state index contributed by atoms with van der Waals surface area (Å²) in [6.45, 7) is 1.36. The number of hydrogen-bond donors (Lipinski definition) is 0. The van der Waals surface area contributed by atoms with E-state index in [1.54, 1.807) is 35.1 Å². The second-order valence-corrected chi connectivity index (χ2v) is 13.3. The maximum atomic E-state index is 6.03. The van der Waals surface area contributed by atoms with Crippen LogP contribution in [-0.4, -0.2) is 39.9 Å². The molecule has 12 heteroatoms. The molecule has 0 spiro atoms. The van der Waals surface area contributed by atoms with Gasteiger partial charge >= 0.3 is 0 Å². The monoisotopic (exact) mass is 718 g/mol. The molecule has 8 rings (SSSR count). The molecule has 52 heavy (non-hydrogen) atoms. The zero-order chi connectivity index (χ0) is 35.0. The standard InChI is InChI=1S/C40H30N8O2S2/c1-3-19-41-31(13-1)37-25-51-39(47-37)35-17-7-11-29(45-35)23-49-21-27-9-5-15-33(43-27)34-16-6-10-28(44-34)22-50-24-30-12-8-18-36(46-30)40-48-38(26-52-40)32-14-2-4-20-42-32/h1-20,25-26H,21-24H2. The van der Waals surface area contributed by atoms with Crippen molar-refractivity contribution in [3.05, 3.63) is 155 Å². The van der Waals surface area contributed by atoms with Gasteiger partial charge in [-0.1, -0.05) is 36.4 Å². The lowest BCUT2D eigenvalue weighted by Crippen LogP contribution is -2.02. The summed E-state index contributed by atoms with van der Waals surface area (Å²) in [6, 6.07) is 35.1. The van der Waals surface area contributed by atoms with E-state index >= 15 is 0 Å². The fraction of sp³-hybridized carbons (Fsp3) is 0.100. The smallest absolute Gasteiger partial charge is 0.142 e. The Bertz CT molecular complexity index is 2230. The molecular weight excluding hydrogens is 689 g/mol. The van der Waals surface area contributed by atoms with Crippen molar-refractivity contribution >= 4 is 22.7 Å². The third-order valence-corrected chi connectivity index (χ3v) is 9.52. The summed E-state index contributed by atoms with van der Waals surface area (Å²) in [6.07, 6.45) is 3.53. The first-order valence-electron chi connectivity index (χ1n) is 16.5. The number of aromatic nitrogens is 8. The van der Waals surface area contributed by atoms with Gasteiger partial charge in [-0.15, -0.1) is 22.7 Å². The van der Waals surface area contributed by atoms with Crippen molar-refractivity contribution in [1.29, 1.82) is 0 Å². The van der Waals surface area contributed by atoms with Gasteiger partial charge in [-0.05, 0) is 72.8 Å². The maximum Gasteiger partial charge on any atom is 0.142 e. The molecule has 0 aliphatic carbocycles. The van der Waals surface area contributed by atoms with Crippen LogP contribution in [0.15, 0.2) is 132 Å². The van der Waals surface area contributed by atoms with Crippen LogP contribution >= 0.6 is 22.7 Å². The first-order valence-corrected chi connectivity index (χ1v) is 18.2. The van der Waals surface area contributed by atoms with E-state index in [0.717, 1.165) is 78.3 Å². The van der Waals surface area contributed by atoms with Gasteiger partial charge in [0.15, 0.2) is 0 Å². The third kappa shape index (κ3) is 8.17. The average Bonchev–Trinajstić information content (AvgIpc) is 3.91. The van der Waals surface area contributed by atoms with E-state index in [1.165, 1.54) is 0 Å². The molecule has 0 fully saturated rings. The van der Waals surface area contributed by atoms with Gasteiger partial charge in [-0.3, -0.25) is 9.97 Å². The molecule has 0 N–H and O–H groups in total. The van der Waals surface area contributed by atoms with E-state index in [1.807, 2.05) is 120 Å². The van der Waals surface area contributed by atoms with Gasteiger partial charge in [0.25, 0.3) is 0 Å². The molecule has 0 saturated heterocycles. The van der Waals surface area contributed by atoms with Crippen molar-refractivity contribution in [2.45, 2.75) is 26.4 Å². The van der Waals surface area contributed by atoms with Crippen LogP contribution in [0, 0.1) is 0 Å². The number of hydrogen-bond acceptors (Lipinski definition) is 12. The number of thiazole rings is 2. The molecule has 8 aromatic heterocycles. The molecule has 0 aliphatic heterocycles. The van der Waals surface area contributed by atoms with Crippen LogP contribution in [-0.2, 0) is 35.9 Å². The van der Waals surface area contributed by atoms with Crippen LogP contribution in [0.4, 0.5) is 0 Å². The molecule has 0 unspecified atom stereocenters. The van der Waals surface area contributed by atoms with Crippen molar-refractivity contribution in [3.63, 3.8) is 0 Å². The van der Waals surface area contributed by atoms with Crippen molar-refractivity contribution in [2.75, 3.05) is 0 Å². The number of pyridine rings is 6. The van der Waals surface area contributed by atoms with Gasteiger partial charge in [0.1, 0.15) is 21.4 Å². The first-order chi connectivity index (χ1) is 25.7. The van der Waals surface area contributed by atoms with Crippen LogP contribution in [0.2, 0.25) is 0 Å². The first kappa shape index (κ1) is 33.2. The molecule has 0 aromatic carbocycles. The van der Waals surface area contributed by atoms with Gasteiger partial charge in [-0.2, -0.15) is 0 Å². The molecule has 8 heterocycles. The topological polar surface area (TPSA) is 122 Å². The molecule has 10 nitrogen and oxygen atoms in total. The number of rotatable bonds is 13. The summed E-state index contributed by atoms with van der Waals surface area (Å²) in [5.41, 5.74) is 9.73. The van der Waals surface area contributed by atoms with E-state index in [9.17, 15) is 0 Å². The molecule has 0 bridgehead atoms. The zero-order valence-electron chi connectivity index (χ0n) is 27.7. The lowest BCUT2D eigenvalue weighted by atomic mass is 10.2. The predicted molar refractivity (Wildman–Crippen MR) is 202 cm³/mol. The normalized spacial score (nSPS) is 11.2. The molecule has 254 valence electrons. The Morgan fingerprint density at radius 2 is 0.712 bits per heavy atom. The van der Waals surface area contributed by atoms with Crippen LogP contribution < -0.4 is 0 Å². The van der Waals surface area contributed by atoms with E-state index in [0.29, 0.717) is 26.4 Å². The lowest BCUT2D eigenvalue weighted by Gasteiger charge is -2.08. The molecule has 0 atom stereocenters. The quantitative estimate of drug-likeness (QED) is 0.114. The Kier molecular flexibility index (Phi) is 10.2. The highest BCUT2D eigenvalue weighted by atomic mass is 32.1. The molecular formula is C40H30N8O2S2. The summed E-state index contributed by atoms with van der Waals surface area (Å²) in [4.78, 5) is 37.5. The molecule has 0 saturated carbocycles. The zero-order valence-corrected chi connectivity index (χ0v) is 29.4. The van der Waals surface area contributed by atoms with Crippen molar-refractivity contribution in [3.8, 4) is 55.6 Å². The van der Waals surface area contributed by atoms with Gasteiger partial charge in [0.2, 0.25) is 0 Å². The SMILES string of the molecule is c1ccc(-c2csc(-c3cccc(COCc4cccc(-c5cccc(COCc6cccc(-c7nc(-c8ccccn8)cs7)n6)n5)n4)n3)n2)nc1. The Morgan fingerprint density at radius 3 is 1.10 bits per heavy atom. The van der Waals surface area contributed by atoms with Gasteiger partial charge in [-0.25, -0.2) is 29.9 Å². The molecule has 0 amide bonds. The summed E-state index contributed by atoms with van der Waals surface area (Å²) in [5.74, 6) is 0. The van der Waals surface area contributed by atoms with Crippen LogP contribution in [0.25, 0.3) is 55.6 Å². The Balaban J connectivity index is 0.852.